The summed E-state index contributed by atoms with van der Waals surface area (Å²) in [5.74, 6) is -2.92. The molecular weight excluding hydrogens is 358 g/mol. The van der Waals surface area contributed by atoms with Gasteiger partial charge in [-0.1, -0.05) is 29.8 Å². The number of benzene rings is 1. The van der Waals surface area contributed by atoms with Crippen molar-refractivity contribution in [3.63, 3.8) is 0 Å². The van der Waals surface area contributed by atoms with E-state index in [2.05, 4.69) is 0 Å². The fourth-order valence-corrected chi connectivity index (χ4v) is 4.26. The SMILES string of the molecule is O=C(O)C[C@@H]1C[C@H](C(=O)O)N(S(=O)(=O)/C=C/c2ccccc2Cl)C1. The number of hydrogen-bond acceptors (Lipinski definition) is 4. The van der Waals surface area contributed by atoms with Crippen LogP contribution in [0.5, 0.6) is 0 Å². The van der Waals surface area contributed by atoms with Gasteiger partial charge in [-0.2, -0.15) is 4.31 Å². The molecule has 1 aliphatic heterocycles. The first-order valence-corrected chi connectivity index (χ1v) is 8.98. The molecule has 2 N–H and O–H groups in total. The van der Waals surface area contributed by atoms with Crippen molar-refractivity contribution in [1.82, 2.24) is 4.31 Å². The minimum atomic E-state index is -4.02. The number of carbonyl (C=O) groups is 2. The zero-order valence-electron chi connectivity index (χ0n) is 12.5. The average molecular weight is 374 g/mol. The van der Waals surface area contributed by atoms with Gasteiger partial charge < -0.3 is 10.2 Å². The molecule has 0 spiro atoms. The molecule has 1 aromatic carbocycles. The summed E-state index contributed by atoms with van der Waals surface area (Å²) in [7, 11) is -4.02. The molecule has 0 saturated carbocycles. The lowest BCUT2D eigenvalue weighted by Gasteiger charge is -2.18. The highest BCUT2D eigenvalue weighted by molar-refractivity contribution is 7.92. The Labute approximate surface area is 144 Å². The van der Waals surface area contributed by atoms with Crippen LogP contribution in [0.4, 0.5) is 0 Å². The van der Waals surface area contributed by atoms with Gasteiger partial charge in [0, 0.05) is 23.4 Å². The molecule has 0 radical (unpaired) electrons. The van der Waals surface area contributed by atoms with Crippen LogP contribution in [0.3, 0.4) is 0 Å². The monoisotopic (exact) mass is 373 g/mol. The largest absolute Gasteiger partial charge is 0.481 e. The number of carboxylic acid groups (broad SMARTS) is 2. The molecule has 1 fully saturated rings. The minimum Gasteiger partial charge on any atom is -0.481 e. The van der Waals surface area contributed by atoms with Crippen LogP contribution < -0.4 is 0 Å². The quantitative estimate of drug-likeness (QED) is 0.787. The summed E-state index contributed by atoms with van der Waals surface area (Å²) in [4.78, 5) is 22.1. The molecule has 0 aromatic heterocycles. The standard InChI is InChI=1S/C15H16ClNO6S/c16-12-4-2-1-3-11(12)5-6-24(22,23)17-9-10(8-14(18)19)7-13(17)15(20)21/h1-6,10,13H,7-9H2,(H,18,19)(H,20,21)/b6-5+/t10-,13+/m0/s1. The second kappa shape index (κ2) is 7.33. The van der Waals surface area contributed by atoms with Crippen LogP contribution in [0.2, 0.25) is 5.02 Å². The van der Waals surface area contributed by atoms with Crippen LogP contribution in [0.25, 0.3) is 6.08 Å². The van der Waals surface area contributed by atoms with Crippen LogP contribution in [-0.4, -0.2) is 47.5 Å². The van der Waals surface area contributed by atoms with Crippen molar-refractivity contribution in [3.05, 3.63) is 40.3 Å². The number of carboxylic acids is 2. The van der Waals surface area contributed by atoms with Crippen LogP contribution in [0.15, 0.2) is 29.7 Å². The smallest absolute Gasteiger partial charge is 0.322 e. The Kier molecular flexibility index (Phi) is 5.63. The molecule has 1 aliphatic rings. The van der Waals surface area contributed by atoms with Gasteiger partial charge in [-0.3, -0.25) is 9.59 Å². The highest BCUT2D eigenvalue weighted by Gasteiger charge is 2.43. The summed E-state index contributed by atoms with van der Waals surface area (Å²) in [6.45, 7) is -0.140. The van der Waals surface area contributed by atoms with Gasteiger partial charge in [-0.05, 0) is 30.0 Å². The van der Waals surface area contributed by atoms with E-state index < -0.39 is 33.9 Å². The Balaban J connectivity index is 2.24. The molecule has 2 atom stereocenters. The topological polar surface area (TPSA) is 112 Å². The van der Waals surface area contributed by atoms with E-state index in [0.717, 1.165) is 9.71 Å². The van der Waals surface area contributed by atoms with Crippen molar-refractivity contribution >= 4 is 39.6 Å². The number of hydrogen-bond donors (Lipinski definition) is 2. The zero-order valence-corrected chi connectivity index (χ0v) is 14.1. The highest BCUT2D eigenvalue weighted by atomic mass is 35.5. The highest BCUT2D eigenvalue weighted by Crippen LogP contribution is 2.29. The molecule has 7 nitrogen and oxygen atoms in total. The first kappa shape index (κ1) is 18.4. The summed E-state index contributed by atoms with van der Waals surface area (Å²) < 4.78 is 25.7. The average Bonchev–Trinajstić information content (AvgIpc) is 2.90. The van der Waals surface area contributed by atoms with Crippen molar-refractivity contribution in [2.45, 2.75) is 18.9 Å². The van der Waals surface area contributed by atoms with E-state index in [0.29, 0.717) is 10.6 Å². The van der Waals surface area contributed by atoms with Gasteiger partial charge >= 0.3 is 11.9 Å². The van der Waals surface area contributed by atoms with E-state index in [1.165, 1.54) is 6.08 Å². The van der Waals surface area contributed by atoms with Crippen molar-refractivity contribution in [2.75, 3.05) is 6.54 Å². The van der Waals surface area contributed by atoms with E-state index in [9.17, 15) is 23.1 Å². The summed E-state index contributed by atoms with van der Waals surface area (Å²) >= 11 is 5.95. The Hall–Kier alpha value is -1.90. The predicted molar refractivity (Wildman–Crippen MR) is 87.9 cm³/mol. The summed E-state index contributed by atoms with van der Waals surface area (Å²) in [6.07, 6.45) is 0.992. The van der Waals surface area contributed by atoms with Crippen LogP contribution >= 0.6 is 11.6 Å². The van der Waals surface area contributed by atoms with Crippen molar-refractivity contribution < 1.29 is 28.2 Å². The van der Waals surface area contributed by atoms with Gasteiger partial charge in [0.15, 0.2) is 0 Å². The van der Waals surface area contributed by atoms with E-state index in [4.69, 9.17) is 16.7 Å². The molecule has 9 heteroatoms. The first-order chi connectivity index (χ1) is 11.2. The Morgan fingerprint density at radius 2 is 1.96 bits per heavy atom. The fourth-order valence-electron chi connectivity index (χ4n) is 2.64. The molecule has 1 saturated heterocycles. The predicted octanol–water partition coefficient (Wildman–Crippen LogP) is 1.89. The van der Waals surface area contributed by atoms with Crippen LogP contribution in [0.1, 0.15) is 18.4 Å². The maximum atomic E-state index is 12.4. The van der Waals surface area contributed by atoms with E-state index in [1.807, 2.05) is 0 Å². The van der Waals surface area contributed by atoms with Gasteiger partial charge in [0.2, 0.25) is 10.0 Å². The maximum Gasteiger partial charge on any atom is 0.322 e. The molecule has 2 rings (SSSR count). The molecular formula is C15H16ClNO6S. The molecule has 1 aromatic rings. The van der Waals surface area contributed by atoms with Crippen LogP contribution in [0, 0.1) is 5.92 Å². The van der Waals surface area contributed by atoms with Crippen LogP contribution in [-0.2, 0) is 19.6 Å². The maximum absolute atomic E-state index is 12.4. The van der Waals surface area contributed by atoms with E-state index >= 15 is 0 Å². The lowest BCUT2D eigenvalue weighted by Crippen LogP contribution is -2.39. The van der Waals surface area contributed by atoms with Gasteiger partial charge in [0.05, 0.1) is 0 Å². The van der Waals surface area contributed by atoms with Gasteiger partial charge in [0.25, 0.3) is 0 Å². The summed E-state index contributed by atoms with van der Waals surface area (Å²) in [5.41, 5.74) is 0.482. The number of halogens is 1. The Morgan fingerprint density at radius 3 is 2.54 bits per heavy atom. The molecule has 0 aliphatic carbocycles. The second-order valence-corrected chi connectivity index (χ2v) is 7.67. The van der Waals surface area contributed by atoms with E-state index in [1.54, 1.807) is 24.3 Å². The third-order valence-corrected chi connectivity index (χ3v) is 5.62. The van der Waals surface area contributed by atoms with Gasteiger partial charge in [-0.15, -0.1) is 0 Å². The van der Waals surface area contributed by atoms with Crippen molar-refractivity contribution in [2.24, 2.45) is 5.92 Å². The lowest BCUT2D eigenvalue weighted by molar-refractivity contribution is -0.141. The second-order valence-electron chi connectivity index (χ2n) is 5.49. The zero-order chi connectivity index (χ0) is 17.9. The van der Waals surface area contributed by atoms with Crippen molar-refractivity contribution in [1.29, 1.82) is 0 Å². The molecule has 0 unspecified atom stereocenters. The molecule has 0 amide bonds. The Bertz CT molecular complexity index is 776. The number of sulfonamides is 1. The van der Waals surface area contributed by atoms with Gasteiger partial charge in [0.1, 0.15) is 6.04 Å². The molecule has 1 heterocycles. The first-order valence-electron chi connectivity index (χ1n) is 7.10. The third-order valence-electron chi connectivity index (χ3n) is 3.74. The normalized spacial score (nSPS) is 22.0. The minimum absolute atomic E-state index is 0.0270. The van der Waals surface area contributed by atoms with Gasteiger partial charge in [-0.25, -0.2) is 8.42 Å². The Morgan fingerprint density at radius 1 is 1.29 bits per heavy atom. The van der Waals surface area contributed by atoms with E-state index in [-0.39, 0.29) is 19.4 Å². The lowest BCUT2D eigenvalue weighted by atomic mass is 10.0. The molecule has 130 valence electrons. The molecule has 24 heavy (non-hydrogen) atoms. The van der Waals surface area contributed by atoms with Crippen molar-refractivity contribution in [3.8, 4) is 0 Å². The fraction of sp³-hybridized carbons (Fsp3) is 0.333. The summed E-state index contributed by atoms with van der Waals surface area (Å²) in [6, 6.07) is 5.35. The number of aliphatic carboxylic acids is 2. The number of nitrogens with zero attached hydrogens (tertiary/aromatic N) is 1. The summed E-state index contributed by atoms with van der Waals surface area (Å²) in [5, 5.41) is 19.3. The molecule has 0 bridgehead atoms. The number of rotatable bonds is 6. The third kappa shape index (κ3) is 4.34.